The molecule has 1 aliphatic rings. The van der Waals surface area contributed by atoms with E-state index in [1.807, 2.05) is 13.8 Å². The van der Waals surface area contributed by atoms with Gasteiger partial charge in [0.15, 0.2) is 5.57 Å². The minimum absolute atomic E-state index is 0.143. The number of amides is 1. The highest BCUT2D eigenvalue weighted by Crippen LogP contribution is 2.13. The molecule has 0 radical (unpaired) electrons. The smallest absolute Gasteiger partial charge is 0.350 e. The lowest BCUT2D eigenvalue weighted by Gasteiger charge is -2.33. The van der Waals surface area contributed by atoms with Crippen LogP contribution in [0.4, 0.5) is 0 Å². The molecule has 138 valence electrons. The van der Waals surface area contributed by atoms with E-state index in [1.165, 1.54) is 11.1 Å². The molecule has 8 heteroatoms. The summed E-state index contributed by atoms with van der Waals surface area (Å²) in [7, 11) is 0. The Balaban J connectivity index is 2.79. The summed E-state index contributed by atoms with van der Waals surface area (Å²) in [6.07, 6.45) is 1.87. The van der Waals surface area contributed by atoms with Gasteiger partial charge < -0.3 is 19.7 Å². The molecule has 1 saturated heterocycles. The van der Waals surface area contributed by atoms with Crippen molar-refractivity contribution < 1.29 is 23.9 Å². The monoisotopic (exact) mass is 351 g/mol. The lowest BCUT2D eigenvalue weighted by Crippen LogP contribution is -2.54. The molecule has 25 heavy (non-hydrogen) atoms. The fraction of sp³-hybridized carbons (Fsp3) is 0.647. The molecule has 0 aromatic carbocycles. The molecular formula is C17H25N3O5. The van der Waals surface area contributed by atoms with Crippen LogP contribution in [0.25, 0.3) is 0 Å². The summed E-state index contributed by atoms with van der Waals surface area (Å²) >= 11 is 0. The first-order valence-corrected chi connectivity index (χ1v) is 8.37. The average molecular weight is 351 g/mol. The summed E-state index contributed by atoms with van der Waals surface area (Å²) in [5, 5.41) is 11.8. The van der Waals surface area contributed by atoms with E-state index >= 15 is 0 Å². The molecule has 1 fully saturated rings. The van der Waals surface area contributed by atoms with Crippen molar-refractivity contribution in [2.24, 2.45) is 5.92 Å². The van der Waals surface area contributed by atoms with E-state index in [0.29, 0.717) is 25.6 Å². The van der Waals surface area contributed by atoms with Crippen LogP contribution in [0.1, 0.15) is 33.6 Å². The molecule has 0 spiro atoms. The normalized spacial score (nSPS) is 17.7. The summed E-state index contributed by atoms with van der Waals surface area (Å²) in [6.45, 7) is 6.85. The highest BCUT2D eigenvalue weighted by molar-refractivity contribution is 5.93. The Morgan fingerprint density at radius 2 is 2.16 bits per heavy atom. The van der Waals surface area contributed by atoms with Crippen molar-refractivity contribution in [2.45, 2.75) is 39.7 Å². The van der Waals surface area contributed by atoms with E-state index in [9.17, 15) is 14.4 Å². The SMILES string of the molecule is CCOC(=O)/C(C#N)=C/N1CCNC(=O)C1CC(=O)OCCC(C)C. The van der Waals surface area contributed by atoms with Gasteiger partial charge in [-0.05, 0) is 19.3 Å². The predicted octanol–water partition coefficient (Wildman–Crippen LogP) is 0.737. The molecule has 0 bridgehead atoms. The van der Waals surface area contributed by atoms with Crippen molar-refractivity contribution in [2.75, 3.05) is 26.3 Å². The van der Waals surface area contributed by atoms with Gasteiger partial charge in [-0.1, -0.05) is 13.8 Å². The molecule has 1 rings (SSSR count). The van der Waals surface area contributed by atoms with Gasteiger partial charge in [-0.25, -0.2) is 4.79 Å². The number of esters is 2. The highest BCUT2D eigenvalue weighted by Gasteiger charge is 2.31. The second kappa shape index (κ2) is 10.3. The maximum atomic E-state index is 12.1. The molecule has 1 unspecified atom stereocenters. The van der Waals surface area contributed by atoms with E-state index in [-0.39, 0.29) is 24.5 Å². The number of piperazine rings is 1. The van der Waals surface area contributed by atoms with Crippen LogP contribution in [0.5, 0.6) is 0 Å². The van der Waals surface area contributed by atoms with Gasteiger partial charge in [0.1, 0.15) is 12.1 Å². The van der Waals surface area contributed by atoms with Crippen LogP contribution in [0.3, 0.4) is 0 Å². The van der Waals surface area contributed by atoms with Crippen LogP contribution < -0.4 is 5.32 Å². The molecule has 1 N–H and O–H groups in total. The molecular weight excluding hydrogens is 326 g/mol. The van der Waals surface area contributed by atoms with Gasteiger partial charge in [0.05, 0.1) is 19.6 Å². The van der Waals surface area contributed by atoms with Crippen molar-refractivity contribution >= 4 is 17.8 Å². The molecule has 8 nitrogen and oxygen atoms in total. The Kier molecular flexibility index (Phi) is 8.47. The molecule has 1 heterocycles. The van der Waals surface area contributed by atoms with Crippen molar-refractivity contribution in [1.29, 1.82) is 5.26 Å². The average Bonchev–Trinajstić information content (AvgIpc) is 2.55. The molecule has 1 amide bonds. The van der Waals surface area contributed by atoms with Gasteiger partial charge in [0.2, 0.25) is 5.91 Å². The summed E-state index contributed by atoms with van der Waals surface area (Å²) in [4.78, 5) is 37.3. The van der Waals surface area contributed by atoms with Crippen LogP contribution in [-0.2, 0) is 23.9 Å². The second-order valence-corrected chi connectivity index (χ2v) is 6.03. The fourth-order valence-corrected chi connectivity index (χ4v) is 2.22. The number of carbonyl (C=O) groups is 3. The summed E-state index contributed by atoms with van der Waals surface area (Å²) in [5.41, 5.74) is -0.213. The molecule has 0 aromatic heterocycles. The van der Waals surface area contributed by atoms with Crippen LogP contribution >= 0.6 is 0 Å². The Bertz CT molecular complexity index is 565. The topological polar surface area (TPSA) is 109 Å². The third kappa shape index (κ3) is 6.83. The Hall–Kier alpha value is -2.56. The van der Waals surface area contributed by atoms with Gasteiger partial charge in [-0.2, -0.15) is 5.26 Å². The molecule has 1 aliphatic heterocycles. The van der Waals surface area contributed by atoms with E-state index in [0.717, 1.165) is 6.42 Å². The minimum Gasteiger partial charge on any atom is -0.466 e. The standard InChI is InChI=1S/C17H25N3O5/c1-4-24-17(23)13(10-18)11-20-7-6-19-16(22)14(20)9-15(21)25-8-5-12(2)3/h11-12,14H,4-9H2,1-3H3,(H,19,22)/b13-11+. The van der Waals surface area contributed by atoms with Crippen LogP contribution in [0.2, 0.25) is 0 Å². The third-order valence-electron chi connectivity index (χ3n) is 3.60. The quantitative estimate of drug-likeness (QED) is 0.390. The number of carbonyl (C=O) groups excluding carboxylic acids is 3. The highest BCUT2D eigenvalue weighted by atomic mass is 16.5. The zero-order chi connectivity index (χ0) is 18.8. The van der Waals surface area contributed by atoms with Crippen molar-refractivity contribution in [3.8, 4) is 6.07 Å². The number of hydrogen-bond donors (Lipinski definition) is 1. The van der Waals surface area contributed by atoms with Gasteiger partial charge in [0.25, 0.3) is 0 Å². The van der Waals surface area contributed by atoms with Crippen molar-refractivity contribution in [3.05, 3.63) is 11.8 Å². The molecule has 0 aliphatic carbocycles. The first-order chi connectivity index (χ1) is 11.9. The van der Waals surface area contributed by atoms with Gasteiger partial charge in [-0.15, -0.1) is 0 Å². The maximum absolute atomic E-state index is 12.1. The van der Waals surface area contributed by atoms with Crippen molar-refractivity contribution in [1.82, 2.24) is 10.2 Å². The summed E-state index contributed by atoms with van der Waals surface area (Å²) in [6, 6.07) is 0.945. The third-order valence-corrected chi connectivity index (χ3v) is 3.60. The molecule has 1 atom stereocenters. The second-order valence-electron chi connectivity index (χ2n) is 6.03. The van der Waals surface area contributed by atoms with Crippen LogP contribution in [-0.4, -0.2) is 55.1 Å². The summed E-state index contributed by atoms with van der Waals surface area (Å²) < 4.78 is 9.95. The number of nitriles is 1. The number of rotatable bonds is 8. The summed E-state index contributed by atoms with van der Waals surface area (Å²) in [5.74, 6) is -1.18. The van der Waals surface area contributed by atoms with Gasteiger partial charge >= 0.3 is 11.9 Å². The largest absolute Gasteiger partial charge is 0.466 e. The number of hydrogen-bond acceptors (Lipinski definition) is 7. The first kappa shape index (κ1) is 20.5. The van der Waals surface area contributed by atoms with Gasteiger partial charge in [0, 0.05) is 19.3 Å². The number of nitrogens with one attached hydrogen (secondary N) is 1. The van der Waals surface area contributed by atoms with E-state index in [1.54, 1.807) is 13.0 Å². The molecule has 0 aromatic rings. The van der Waals surface area contributed by atoms with Crippen LogP contribution in [0, 0.1) is 17.2 Å². The zero-order valence-electron chi connectivity index (χ0n) is 14.9. The lowest BCUT2D eigenvalue weighted by molar-refractivity contribution is -0.148. The Labute approximate surface area is 147 Å². The van der Waals surface area contributed by atoms with E-state index in [4.69, 9.17) is 14.7 Å². The fourth-order valence-electron chi connectivity index (χ4n) is 2.22. The Morgan fingerprint density at radius 1 is 1.44 bits per heavy atom. The van der Waals surface area contributed by atoms with E-state index < -0.39 is 18.0 Å². The van der Waals surface area contributed by atoms with Crippen molar-refractivity contribution in [3.63, 3.8) is 0 Å². The maximum Gasteiger partial charge on any atom is 0.350 e. The predicted molar refractivity (Wildman–Crippen MR) is 88.9 cm³/mol. The Morgan fingerprint density at radius 3 is 2.76 bits per heavy atom. The minimum atomic E-state index is -0.821. The van der Waals surface area contributed by atoms with Gasteiger partial charge in [-0.3, -0.25) is 9.59 Å². The zero-order valence-corrected chi connectivity index (χ0v) is 14.9. The number of nitrogens with zero attached hydrogens (tertiary/aromatic N) is 2. The lowest BCUT2D eigenvalue weighted by atomic mass is 10.1. The first-order valence-electron chi connectivity index (χ1n) is 8.37. The number of ether oxygens (including phenoxy) is 2. The van der Waals surface area contributed by atoms with E-state index in [2.05, 4.69) is 5.32 Å². The van der Waals surface area contributed by atoms with Crippen LogP contribution in [0.15, 0.2) is 11.8 Å². The molecule has 0 saturated carbocycles.